The Balaban J connectivity index is 1.56. The summed E-state index contributed by atoms with van der Waals surface area (Å²) in [5, 5.41) is 0. The Morgan fingerprint density at radius 3 is 2.41 bits per heavy atom. The van der Waals surface area contributed by atoms with Gasteiger partial charge in [0.05, 0.1) is 7.11 Å². The van der Waals surface area contributed by atoms with E-state index in [9.17, 15) is 9.59 Å². The van der Waals surface area contributed by atoms with E-state index in [0.717, 1.165) is 30.0 Å². The standard InChI is InChI=1S/C23H26N2O4/c1-3-14-24(16-18-6-10-20(28-2)11-7-18)23(27)17-29-21-12-8-19(9-13-21)25-15-4-5-22(25)26/h3,6-13H,1,4-5,14-17H2,2H3. The number of hydrogen-bond donors (Lipinski definition) is 0. The summed E-state index contributed by atoms with van der Waals surface area (Å²) in [6, 6.07) is 14.9. The van der Waals surface area contributed by atoms with Gasteiger partial charge in [0.1, 0.15) is 11.5 Å². The van der Waals surface area contributed by atoms with Crippen LogP contribution in [0.25, 0.3) is 0 Å². The van der Waals surface area contributed by atoms with E-state index in [2.05, 4.69) is 6.58 Å². The van der Waals surface area contributed by atoms with E-state index in [1.165, 1.54) is 0 Å². The predicted octanol–water partition coefficient (Wildman–Crippen LogP) is 3.42. The largest absolute Gasteiger partial charge is 0.497 e. The van der Waals surface area contributed by atoms with Crippen molar-refractivity contribution in [3.8, 4) is 11.5 Å². The first-order chi connectivity index (χ1) is 14.1. The number of methoxy groups -OCH3 is 1. The van der Waals surface area contributed by atoms with Gasteiger partial charge in [-0.1, -0.05) is 18.2 Å². The number of nitrogens with zero attached hydrogens (tertiary/aromatic N) is 2. The molecule has 2 aromatic carbocycles. The monoisotopic (exact) mass is 394 g/mol. The predicted molar refractivity (Wildman–Crippen MR) is 112 cm³/mol. The lowest BCUT2D eigenvalue weighted by atomic mass is 10.2. The van der Waals surface area contributed by atoms with Crippen molar-refractivity contribution in [1.82, 2.24) is 4.90 Å². The van der Waals surface area contributed by atoms with Crippen molar-refractivity contribution in [1.29, 1.82) is 0 Å². The maximum Gasteiger partial charge on any atom is 0.261 e. The van der Waals surface area contributed by atoms with Crippen LogP contribution in [0.2, 0.25) is 0 Å². The molecular formula is C23H26N2O4. The Morgan fingerprint density at radius 1 is 1.14 bits per heavy atom. The van der Waals surface area contributed by atoms with Crippen molar-refractivity contribution in [2.24, 2.45) is 0 Å². The van der Waals surface area contributed by atoms with E-state index in [0.29, 0.717) is 25.3 Å². The molecular weight excluding hydrogens is 368 g/mol. The first-order valence-corrected chi connectivity index (χ1v) is 9.65. The van der Waals surface area contributed by atoms with Gasteiger partial charge in [-0.3, -0.25) is 9.59 Å². The molecule has 1 heterocycles. The molecule has 29 heavy (non-hydrogen) atoms. The molecule has 0 radical (unpaired) electrons. The third-order valence-corrected chi connectivity index (χ3v) is 4.82. The van der Waals surface area contributed by atoms with Gasteiger partial charge in [-0.2, -0.15) is 0 Å². The first kappa shape index (κ1) is 20.5. The van der Waals surface area contributed by atoms with E-state index < -0.39 is 0 Å². The van der Waals surface area contributed by atoms with Crippen LogP contribution in [-0.4, -0.2) is 43.5 Å². The second-order valence-electron chi connectivity index (χ2n) is 6.84. The minimum absolute atomic E-state index is 0.0635. The highest BCUT2D eigenvalue weighted by molar-refractivity contribution is 5.95. The average Bonchev–Trinajstić information content (AvgIpc) is 3.18. The average molecular weight is 394 g/mol. The van der Waals surface area contributed by atoms with Crippen LogP contribution in [0, 0.1) is 0 Å². The van der Waals surface area contributed by atoms with Crippen molar-refractivity contribution in [2.75, 3.05) is 31.7 Å². The maximum absolute atomic E-state index is 12.6. The molecule has 0 unspecified atom stereocenters. The lowest BCUT2D eigenvalue weighted by Crippen LogP contribution is -2.34. The molecule has 0 bridgehead atoms. The smallest absolute Gasteiger partial charge is 0.261 e. The molecule has 1 saturated heterocycles. The molecule has 3 rings (SSSR count). The number of benzene rings is 2. The van der Waals surface area contributed by atoms with E-state index >= 15 is 0 Å². The lowest BCUT2D eigenvalue weighted by molar-refractivity contribution is -0.133. The zero-order valence-electron chi connectivity index (χ0n) is 16.7. The summed E-state index contributed by atoms with van der Waals surface area (Å²) in [5.74, 6) is 1.39. The first-order valence-electron chi connectivity index (χ1n) is 9.65. The van der Waals surface area contributed by atoms with Gasteiger partial charge >= 0.3 is 0 Å². The Bertz CT molecular complexity index is 846. The quantitative estimate of drug-likeness (QED) is 0.612. The van der Waals surface area contributed by atoms with Gasteiger partial charge in [-0.25, -0.2) is 0 Å². The molecule has 0 aliphatic carbocycles. The Morgan fingerprint density at radius 2 is 1.83 bits per heavy atom. The number of anilines is 1. The van der Waals surface area contributed by atoms with Crippen molar-refractivity contribution in [2.45, 2.75) is 19.4 Å². The third kappa shape index (κ3) is 5.38. The highest BCUT2D eigenvalue weighted by atomic mass is 16.5. The van der Waals surface area contributed by atoms with Gasteiger partial charge in [0.25, 0.3) is 5.91 Å². The second kappa shape index (κ2) is 9.78. The Labute approximate surface area is 171 Å². The van der Waals surface area contributed by atoms with E-state index in [1.54, 1.807) is 35.1 Å². The highest BCUT2D eigenvalue weighted by Crippen LogP contribution is 2.24. The van der Waals surface area contributed by atoms with Gasteiger partial charge in [0.15, 0.2) is 6.61 Å². The summed E-state index contributed by atoms with van der Waals surface area (Å²) in [4.78, 5) is 27.9. The number of rotatable bonds is 9. The van der Waals surface area contributed by atoms with Crippen LogP contribution in [0.15, 0.2) is 61.2 Å². The molecule has 0 aromatic heterocycles. The molecule has 0 N–H and O–H groups in total. The minimum Gasteiger partial charge on any atom is -0.497 e. The fourth-order valence-corrected chi connectivity index (χ4v) is 3.24. The van der Waals surface area contributed by atoms with Crippen LogP contribution in [0.1, 0.15) is 18.4 Å². The molecule has 0 spiro atoms. The number of carbonyl (C=O) groups is 2. The zero-order valence-corrected chi connectivity index (χ0v) is 16.7. The van der Waals surface area contributed by atoms with Crippen LogP contribution in [0.3, 0.4) is 0 Å². The topological polar surface area (TPSA) is 59.1 Å². The summed E-state index contributed by atoms with van der Waals surface area (Å²) < 4.78 is 10.8. The summed E-state index contributed by atoms with van der Waals surface area (Å²) in [5.41, 5.74) is 1.86. The number of ether oxygens (including phenoxy) is 2. The van der Waals surface area contributed by atoms with Crippen LogP contribution in [0.4, 0.5) is 5.69 Å². The van der Waals surface area contributed by atoms with Crippen LogP contribution >= 0.6 is 0 Å². The summed E-state index contributed by atoms with van der Waals surface area (Å²) in [6.07, 6.45) is 3.18. The molecule has 0 saturated carbocycles. The fraction of sp³-hybridized carbons (Fsp3) is 0.304. The SMILES string of the molecule is C=CCN(Cc1ccc(OC)cc1)C(=O)COc1ccc(N2CCCC2=O)cc1. The normalized spacial score (nSPS) is 13.3. The molecule has 1 aliphatic heterocycles. The molecule has 152 valence electrons. The van der Waals surface area contributed by atoms with Gasteiger partial charge in [0.2, 0.25) is 5.91 Å². The van der Waals surface area contributed by atoms with E-state index in [-0.39, 0.29) is 18.4 Å². The van der Waals surface area contributed by atoms with Crippen molar-refractivity contribution < 1.29 is 19.1 Å². The number of hydrogen-bond acceptors (Lipinski definition) is 4. The molecule has 0 atom stereocenters. The molecule has 1 aliphatic rings. The molecule has 1 fully saturated rings. The molecule has 2 aromatic rings. The van der Waals surface area contributed by atoms with Crippen molar-refractivity contribution in [3.05, 3.63) is 66.7 Å². The van der Waals surface area contributed by atoms with E-state index in [4.69, 9.17) is 9.47 Å². The number of carbonyl (C=O) groups excluding carboxylic acids is 2. The second-order valence-corrected chi connectivity index (χ2v) is 6.84. The van der Waals surface area contributed by atoms with Gasteiger partial charge in [0, 0.05) is 31.7 Å². The fourth-order valence-electron chi connectivity index (χ4n) is 3.24. The van der Waals surface area contributed by atoms with Crippen molar-refractivity contribution >= 4 is 17.5 Å². The zero-order chi connectivity index (χ0) is 20.6. The van der Waals surface area contributed by atoms with Crippen molar-refractivity contribution in [3.63, 3.8) is 0 Å². The van der Waals surface area contributed by atoms with Crippen LogP contribution in [-0.2, 0) is 16.1 Å². The molecule has 6 nitrogen and oxygen atoms in total. The summed E-state index contributed by atoms with van der Waals surface area (Å²) >= 11 is 0. The van der Waals surface area contributed by atoms with Crippen LogP contribution in [0.5, 0.6) is 11.5 Å². The van der Waals surface area contributed by atoms with E-state index in [1.807, 2.05) is 36.4 Å². The summed E-state index contributed by atoms with van der Waals surface area (Å²) in [7, 11) is 1.62. The summed E-state index contributed by atoms with van der Waals surface area (Å²) in [6.45, 7) is 5.32. The van der Waals surface area contributed by atoms with Gasteiger partial charge in [-0.15, -0.1) is 6.58 Å². The van der Waals surface area contributed by atoms with Crippen LogP contribution < -0.4 is 14.4 Å². The van der Waals surface area contributed by atoms with Gasteiger partial charge < -0.3 is 19.3 Å². The molecule has 2 amide bonds. The number of amides is 2. The minimum atomic E-state index is -0.125. The molecule has 6 heteroatoms. The third-order valence-electron chi connectivity index (χ3n) is 4.82. The Kier molecular flexibility index (Phi) is 6.89. The highest BCUT2D eigenvalue weighted by Gasteiger charge is 2.21. The lowest BCUT2D eigenvalue weighted by Gasteiger charge is -2.22. The maximum atomic E-state index is 12.6. The Hall–Kier alpha value is -3.28. The van der Waals surface area contributed by atoms with Gasteiger partial charge in [-0.05, 0) is 48.4 Å².